The summed E-state index contributed by atoms with van der Waals surface area (Å²) in [6, 6.07) is 13.1. The first-order valence-corrected chi connectivity index (χ1v) is 6.32. The molecule has 100 valence electrons. The van der Waals surface area contributed by atoms with Crippen LogP contribution in [-0.4, -0.2) is 17.8 Å². The van der Waals surface area contributed by atoms with Crippen LogP contribution in [0.15, 0.2) is 48.5 Å². The predicted octanol–water partition coefficient (Wildman–Crippen LogP) is 3.46. The van der Waals surface area contributed by atoms with E-state index in [1.807, 2.05) is 0 Å². The minimum Gasteiger partial charge on any atom is -0.491 e. The molecule has 1 unspecified atom stereocenters. The molecule has 0 aliphatic rings. The van der Waals surface area contributed by atoms with Gasteiger partial charge < -0.3 is 9.84 Å². The number of rotatable bonds is 5. The molecule has 1 N–H and O–H groups in total. The molecule has 2 nitrogen and oxygen atoms in total. The summed E-state index contributed by atoms with van der Waals surface area (Å²) in [5.74, 6) is 0.297. The second-order valence-electron chi connectivity index (χ2n) is 4.26. The second kappa shape index (κ2) is 6.55. The standard InChI is InChI=1S/C15H14ClFO2/c16-12-4-2-6-15(9-12)19-10-14(18)8-11-3-1-5-13(17)7-11/h1-7,9,14,18H,8,10H2. The van der Waals surface area contributed by atoms with Gasteiger partial charge in [-0.25, -0.2) is 4.39 Å². The monoisotopic (exact) mass is 280 g/mol. The molecule has 0 aliphatic heterocycles. The summed E-state index contributed by atoms with van der Waals surface area (Å²) < 4.78 is 18.4. The number of aliphatic hydroxyl groups is 1. The van der Waals surface area contributed by atoms with Gasteiger partial charge >= 0.3 is 0 Å². The van der Waals surface area contributed by atoms with E-state index in [0.717, 1.165) is 5.56 Å². The molecule has 0 spiro atoms. The summed E-state index contributed by atoms with van der Waals surface area (Å²) in [4.78, 5) is 0. The average molecular weight is 281 g/mol. The number of aliphatic hydroxyl groups excluding tert-OH is 1. The molecule has 0 saturated heterocycles. The van der Waals surface area contributed by atoms with Crippen LogP contribution in [0.3, 0.4) is 0 Å². The lowest BCUT2D eigenvalue weighted by Crippen LogP contribution is -2.20. The van der Waals surface area contributed by atoms with E-state index in [1.165, 1.54) is 12.1 Å². The molecule has 0 amide bonds. The van der Waals surface area contributed by atoms with Gasteiger partial charge in [0.25, 0.3) is 0 Å². The molecule has 19 heavy (non-hydrogen) atoms. The molecule has 0 aliphatic carbocycles. The van der Waals surface area contributed by atoms with Crippen LogP contribution in [0.25, 0.3) is 0 Å². The highest BCUT2D eigenvalue weighted by molar-refractivity contribution is 6.30. The molecule has 0 bridgehead atoms. The van der Waals surface area contributed by atoms with Gasteiger partial charge in [-0.1, -0.05) is 29.8 Å². The third-order valence-corrected chi connectivity index (χ3v) is 2.83. The van der Waals surface area contributed by atoms with Gasteiger partial charge in [-0.05, 0) is 35.9 Å². The highest BCUT2D eigenvalue weighted by Crippen LogP contribution is 2.17. The predicted molar refractivity (Wildman–Crippen MR) is 73.1 cm³/mol. The Morgan fingerprint density at radius 1 is 1.16 bits per heavy atom. The summed E-state index contributed by atoms with van der Waals surface area (Å²) in [5.41, 5.74) is 0.738. The maximum absolute atomic E-state index is 13.0. The van der Waals surface area contributed by atoms with Gasteiger partial charge in [-0.15, -0.1) is 0 Å². The van der Waals surface area contributed by atoms with Crippen molar-refractivity contribution in [3.63, 3.8) is 0 Å². The molecule has 0 radical (unpaired) electrons. The molecular weight excluding hydrogens is 267 g/mol. The highest BCUT2D eigenvalue weighted by atomic mass is 35.5. The number of hydrogen-bond donors (Lipinski definition) is 1. The van der Waals surface area contributed by atoms with Crippen LogP contribution < -0.4 is 4.74 Å². The zero-order valence-corrected chi connectivity index (χ0v) is 11.0. The van der Waals surface area contributed by atoms with Crippen molar-refractivity contribution in [2.24, 2.45) is 0 Å². The fourth-order valence-corrected chi connectivity index (χ4v) is 1.92. The van der Waals surface area contributed by atoms with Gasteiger partial charge in [-0.2, -0.15) is 0 Å². The Morgan fingerprint density at radius 2 is 1.95 bits per heavy atom. The van der Waals surface area contributed by atoms with Gasteiger partial charge in [-0.3, -0.25) is 0 Å². The first-order valence-electron chi connectivity index (χ1n) is 5.94. The van der Waals surface area contributed by atoms with Crippen molar-refractivity contribution in [2.75, 3.05) is 6.61 Å². The Kier molecular flexibility index (Phi) is 4.77. The zero-order chi connectivity index (χ0) is 13.7. The normalized spacial score (nSPS) is 12.2. The van der Waals surface area contributed by atoms with Crippen LogP contribution in [0.5, 0.6) is 5.75 Å². The lowest BCUT2D eigenvalue weighted by Gasteiger charge is -2.12. The molecule has 0 saturated carbocycles. The van der Waals surface area contributed by atoms with Crippen LogP contribution in [0.1, 0.15) is 5.56 Å². The fourth-order valence-electron chi connectivity index (χ4n) is 1.74. The van der Waals surface area contributed by atoms with Gasteiger partial charge in [0, 0.05) is 11.4 Å². The number of hydrogen-bond acceptors (Lipinski definition) is 2. The maximum atomic E-state index is 13.0. The Hall–Kier alpha value is -1.58. The summed E-state index contributed by atoms with van der Waals surface area (Å²) in [6.07, 6.45) is -0.348. The Balaban J connectivity index is 1.86. The minimum absolute atomic E-state index is 0.136. The SMILES string of the molecule is OC(COc1cccc(Cl)c1)Cc1cccc(F)c1. The Morgan fingerprint density at radius 3 is 2.68 bits per heavy atom. The molecular formula is C15H14ClFO2. The van der Waals surface area contributed by atoms with E-state index in [2.05, 4.69) is 0 Å². The van der Waals surface area contributed by atoms with Crippen molar-refractivity contribution >= 4 is 11.6 Å². The van der Waals surface area contributed by atoms with Crippen molar-refractivity contribution in [3.8, 4) is 5.75 Å². The molecule has 4 heteroatoms. The third-order valence-electron chi connectivity index (χ3n) is 2.60. The molecule has 0 aromatic heterocycles. The number of ether oxygens (including phenoxy) is 1. The van der Waals surface area contributed by atoms with E-state index in [4.69, 9.17) is 16.3 Å². The summed E-state index contributed by atoms with van der Waals surface area (Å²) >= 11 is 5.82. The first-order chi connectivity index (χ1) is 9.13. The molecule has 2 rings (SSSR count). The third kappa shape index (κ3) is 4.54. The summed E-state index contributed by atoms with van der Waals surface area (Å²) in [6.45, 7) is 0.136. The van der Waals surface area contributed by atoms with Crippen LogP contribution in [-0.2, 0) is 6.42 Å². The van der Waals surface area contributed by atoms with E-state index < -0.39 is 6.10 Å². The highest BCUT2D eigenvalue weighted by Gasteiger charge is 2.07. The lowest BCUT2D eigenvalue weighted by atomic mass is 10.1. The molecule has 0 heterocycles. The number of halogens is 2. The quantitative estimate of drug-likeness (QED) is 0.909. The van der Waals surface area contributed by atoms with E-state index in [9.17, 15) is 9.50 Å². The largest absolute Gasteiger partial charge is 0.491 e. The van der Waals surface area contributed by atoms with E-state index in [0.29, 0.717) is 17.2 Å². The van der Waals surface area contributed by atoms with Crippen molar-refractivity contribution in [1.29, 1.82) is 0 Å². The lowest BCUT2D eigenvalue weighted by molar-refractivity contribution is 0.107. The Labute approximate surface area is 116 Å². The van der Waals surface area contributed by atoms with Gasteiger partial charge in [0.2, 0.25) is 0 Å². The maximum Gasteiger partial charge on any atom is 0.123 e. The van der Waals surface area contributed by atoms with Crippen LogP contribution in [0.4, 0.5) is 4.39 Å². The van der Waals surface area contributed by atoms with Crippen molar-refractivity contribution in [3.05, 3.63) is 64.9 Å². The van der Waals surface area contributed by atoms with E-state index in [1.54, 1.807) is 36.4 Å². The van der Waals surface area contributed by atoms with Crippen molar-refractivity contribution in [2.45, 2.75) is 12.5 Å². The Bertz CT molecular complexity index is 545. The fraction of sp³-hybridized carbons (Fsp3) is 0.200. The summed E-state index contributed by atoms with van der Waals surface area (Å²) in [7, 11) is 0. The minimum atomic E-state index is -0.694. The van der Waals surface area contributed by atoms with Crippen LogP contribution in [0, 0.1) is 5.82 Å². The van der Waals surface area contributed by atoms with Crippen LogP contribution >= 0.6 is 11.6 Å². The van der Waals surface area contributed by atoms with E-state index in [-0.39, 0.29) is 12.4 Å². The first kappa shape index (κ1) is 13.8. The smallest absolute Gasteiger partial charge is 0.123 e. The molecule has 2 aromatic rings. The second-order valence-corrected chi connectivity index (χ2v) is 4.69. The van der Waals surface area contributed by atoms with Crippen molar-refractivity contribution in [1.82, 2.24) is 0 Å². The van der Waals surface area contributed by atoms with Gasteiger partial charge in [0.1, 0.15) is 18.2 Å². The van der Waals surface area contributed by atoms with Gasteiger partial charge in [0.05, 0.1) is 6.10 Å². The number of benzene rings is 2. The van der Waals surface area contributed by atoms with Crippen molar-refractivity contribution < 1.29 is 14.2 Å². The molecule has 0 fully saturated rings. The average Bonchev–Trinajstić information content (AvgIpc) is 2.36. The van der Waals surface area contributed by atoms with E-state index >= 15 is 0 Å². The van der Waals surface area contributed by atoms with Gasteiger partial charge in [0.15, 0.2) is 0 Å². The topological polar surface area (TPSA) is 29.5 Å². The zero-order valence-electron chi connectivity index (χ0n) is 10.2. The molecule has 1 atom stereocenters. The molecule has 2 aromatic carbocycles. The van der Waals surface area contributed by atoms with Crippen LogP contribution in [0.2, 0.25) is 5.02 Å². The summed E-state index contributed by atoms with van der Waals surface area (Å²) in [5, 5.41) is 10.4.